The van der Waals surface area contributed by atoms with Gasteiger partial charge in [0.2, 0.25) is 0 Å². The maximum atomic E-state index is 6.22. The molecule has 0 radical (unpaired) electrons. The fraction of sp³-hybridized carbons (Fsp3) is 0.417. The number of hydrogen-bond donors (Lipinski definition) is 1. The van der Waals surface area contributed by atoms with E-state index in [2.05, 4.69) is 28.9 Å². The van der Waals surface area contributed by atoms with E-state index in [1.807, 2.05) is 23.7 Å². The van der Waals surface area contributed by atoms with Gasteiger partial charge in [-0.2, -0.15) is 5.10 Å². The highest BCUT2D eigenvalue weighted by atomic mass is 15.3. The summed E-state index contributed by atoms with van der Waals surface area (Å²) in [4.78, 5) is 8.42. The minimum absolute atomic E-state index is 0.262. The molecule has 0 bridgehead atoms. The maximum Gasteiger partial charge on any atom is 0.125 e. The summed E-state index contributed by atoms with van der Waals surface area (Å²) in [7, 11) is 0. The Labute approximate surface area is 101 Å². The first kappa shape index (κ1) is 11.7. The highest BCUT2D eigenvalue weighted by Crippen LogP contribution is 2.19. The third-order valence-corrected chi connectivity index (χ3v) is 2.62. The van der Waals surface area contributed by atoms with Crippen LogP contribution in [0.25, 0.3) is 0 Å². The average molecular weight is 231 g/mol. The Hall–Kier alpha value is -1.75. The second-order valence-corrected chi connectivity index (χ2v) is 4.30. The van der Waals surface area contributed by atoms with Crippen LogP contribution < -0.4 is 5.73 Å². The summed E-state index contributed by atoms with van der Waals surface area (Å²) in [6, 6.07) is 3.80. The predicted molar refractivity (Wildman–Crippen MR) is 65.4 cm³/mol. The van der Waals surface area contributed by atoms with Crippen LogP contribution in [0.3, 0.4) is 0 Å². The number of nitrogens with zero attached hydrogens (tertiary/aromatic N) is 4. The summed E-state index contributed by atoms with van der Waals surface area (Å²) in [6.45, 7) is 6.01. The van der Waals surface area contributed by atoms with Crippen LogP contribution in [0.1, 0.15) is 43.1 Å². The summed E-state index contributed by atoms with van der Waals surface area (Å²) >= 11 is 0. The molecule has 0 aromatic carbocycles. The molecular formula is C12H17N5. The lowest BCUT2D eigenvalue weighted by Crippen LogP contribution is -2.20. The highest BCUT2D eigenvalue weighted by Gasteiger charge is 2.16. The van der Waals surface area contributed by atoms with E-state index in [9.17, 15) is 0 Å². The molecule has 17 heavy (non-hydrogen) atoms. The van der Waals surface area contributed by atoms with Crippen LogP contribution in [0.4, 0.5) is 0 Å². The number of nitrogens with two attached hydrogens (primary N) is 1. The zero-order valence-electron chi connectivity index (χ0n) is 10.3. The molecule has 2 heterocycles. The van der Waals surface area contributed by atoms with Crippen molar-refractivity contribution in [3.63, 3.8) is 0 Å². The Morgan fingerprint density at radius 1 is 1.24 bits per heavy atom. The van der Waals surface area contributed by atoms with E-state index in [1.54, 1.807) is 12.4 Å². The quantitative estimate of drug-likeness (QED) is 0.871. The largest absolute Gasteiger partial charge is 0.318 e. The van der Waals surface area contributed by atoms with Crippen molar-refractivity contribution < 1.29 is 0 Å². The normalized spacial score (nSPS) is 13.0. The lowest BCUT2D eigenvalue weighted by Gasteiger charge is -2.16. The molecule has 1 unspecified atom stereocenters. The summed E-state index contributed by atoms with van der Waals surface area (Å²) in [5.74, 6) is 0.730. The molecule has 90 valence electrons. The molecule has 0 aliphatic carbocycles. The number of rotatable bonds is 3. The maximum absolute atomic E-state index is 6.22. The average Bonchev–Trinajstić information content (AvgIpc) is 2.77. The van der Waals surface area contributed by atoms with Crippen LogP contribution in [0.5, 0.6) is 0 Å². The van der Waals surface area contributed by atoms with Crippen molar-refractivity contribution in [3.8, 4) is 0 Å². The van der Waals surface area contributed by atoms with Gasteiger partial charge in [-0.25, -0.2) is 9.97 Å². The monoisotopic (exact) mass is 231 g/mol. The zero-order valence-corrected chi connectivity index (χ0v) is 10.3. The first-order valence-electron chi connectivity index (χ1n) is 5.68. The molecule has 2 aromatic rings. The highest BCUT2D eigenvalue weighted by molar-refractivity contribution is 5.20. The Balaban J connectivity index is 2.37. The van der Waals surface area contributed by atoms with Gasteiger partial charge >= 0.3 is 0 Å². The van der Waals surface area contributed by atoms with E-state index in [0.717, 1.165) is 17.2 Å². The lowest BCUT2D eigenvalue weighted by molar-refractivity contribution is 0.497. The Morgan fingerprint density at radius 2 is 2.00 bits per heavy atom. The summed E-state index contributed by atoms with van der Waals surface area (Å²) in [5.41, 5.74) is 8.01. The first-order valence-corrected chi connectivity index (χ1v) is 5.68. The van der Waals surface area contributed by atoms with Crippen LogP contribution >= 0.6 is 0 Å². The van der Waals surface area contributed by atoms with Crippen LogP contribution in [-0.4, -0.2) is 19.7 Å². The van der Waals surface area contributed by atoms with Gasteiger partial charge < -0.3 is 5.73 Å². The topological polar surface area (TPSA) is 69.6 Å². The minimum atomic E-state index is -0.262. The molecule has 5 heteroatoms. The summed E-state index contributed by atoms with van der Waals surface area (Å²) in [6.07, 6.45) is 3.50. The van der Waals surface area contributed by atoms with Crippen molar-refractivity contribution >= 4 is 0 Å². The fourth-order valence-corrected chi connectivity index (χ4v) is 1.80. The van der Waals surface area contributed by atoms with Gasteiger partial charge in [0.25, 0.3) is 0 Å². The Morgan fingerprint density at radius 3 is 2.65 bits per heavy atom. The standard InChI is InChI=1S/C12H17N5/c1-8(2)17-11(5-7-15-17)12(13)10-4-6-14-9(3)16-10/h4-8,12H,13H2,1-3H3. The van der Waals surface area contributed by atoms with Gasteiger partial charge in [0.1, 0.15) is 5.82 Å². The molecule has 5 nitrogen and oxygen atoms in total. The molecule has 0 spiro atoms. The van der Waals surface area contributed by atoms with Crippen LogP contribution in [0, 0.1) is 6.92 Å². The van der Waals surface area contributed by atoms with E-state index in [1.165, 1.54) is 0 Å². The molecule has 0 aliphatic rings. The van der Waals surface area contributed by atoms with Gasteiger partial charge in [-0.1, -0.05) is 0 Å². The van der Waals surface area contributed by atoms with Gasteiger partial charge in [-0.3, -0.25) is 4.68 Å². The van der Waals surface area contributed by atoms with Crippen molar-refractivity contribution in [1.29, 1.82) is 0 Å². The van der Waals surface area contributed by atoms with E-state index in [4.69, 9.17) is 5.73 Å². The number of aryl methyl sites for hydroxylation is 1. The second kappa shape index (κ2) is 4.63. The molecular weight excluding hydrogens is 214 g/mol. The SMILES string of the molecule is Cc1nccc(C(N)c2ccnn2C(C)C)n1. The Bertz CT molecular complexity index is 503. The second-order valence-electron chi connectivity index (χ2n) is 4.30. The van der Waals surface area contributed by atoms with E-state index >= 15 is 0 Å². The zero-order chi connectivity index (χ0) is 12.4. The van der Waals surface area contributed by atoms with Gasteiger partial charge in [0.05, 0.1) is 17.4 Å². The smallest absolute Gasteiger partial charge is 0.125 e. The summed E-state index contributed by atoms with van der Waals surface area (Å²) in [5, 5.41) is 4.28. The third kappa shape index (κ3) is 2.34. The molecule has 0 saturated heterocycles. The van der Waals surface area contributed by atoms with Gasteiger partial charge in [-0.05, 0) is 32.9 Å². The van der Waals surface area contributed by atoms with Crippen molar-refractivity contribution in [3.05, 3.63) is 41.7 Å². The van der Waals surface area contributed by atoms with Crippen LogP contribution in [0.2, 0.25) is 0 Å². The van der Waals surface area contributed by atoms with Gasteiger partial charge in [-0.15, -0.1) is 0 Å². The van der Waals surface area contributed by atoms with Crippen molar-refractivity contribution in [2.75, 3.05) is 0 Å². The van der Waals surface area contributed by atoms with E-state index in [0.29, 0.717) is 0 Å². The molecule has 2 N–H and O–H groups in total. The number of aromatic nitrogens is 4. The van der Waals surface area contributed by atoms with Crippen LogP contribution in [-0.2, 0) is 0 Å². The Kier molecular flexibility index (Phi) is 3.19. The molecule has 0 aliphatic heterocycles. The van der Waals surface area contributed by atoms with Crippen molar-refractivity contribution in [1.82, 2.24) is 19.7 Å². The van der Waals surface area contributed by atoms with Crippen molar-refractivity contribution in [2.45, 2.75) is 32.9 Å². The third-order valence-electron chi connectivity index (χ3n) is 2.62. The van der Waals surface area contributed by atoms with Gasteiger partial charge in [0, 0.05) is 18.4 Å². The molecule has 1 atom stereocenters. The molecule has 0 amide bonds. The van der Waals surface area contributed by atoms with Crippen LogP contribution in [0.15, 0.2) is 24.5 Å². The molecule has 0 fully saturated rings. The predicted octanol–water partition coefficient (Wildman–Crippen LogP) is 1.61. The first-order chi connectivity index (χ1) is 8.09. The molecule has 0 saturated carbocycles. The molecule has 2 aromatic heterocycles. The van der Waals surface area contributed by atoms with E-state index in [-0.39, 0.29) is 12.1 Å². The fourth-order valence-electron chi connectivity index (χ4n) is 1.80. The van der Waals surface area contributed by atoms with Crippen molar-refractivity contribution in [2.24, 2.45) is 5.73 Å². The minimum Gasteiger partial charge on any atom is -0.318 e. The lowest BCUT2D eigenvalue weighted by atomic mass is 10.1. The van der Waals surface area contributed by atoms with E-state index < -0.39 is 0 Å². The summed E-state index contributed by atoms with van der Waals surface area (Å²) < 4.78 is 1.92. The van der Waals surface area contributed by atoms with Gasteiger partial charge in [0.15, 0.2) is 0 Å². The number of hydrogen-bond acceptors (Lipinski definition) is 4. The molecule has 2 rings (SSSR count).